The number of rotatable bonds is 3. The maximum atomic E-state index is 11.3. The number of carbonyl (C=O) groups excluding carboxylic acids is 1. The number of hydrogen-bond donors (Lipinski definition) is 2. The van der Waals surface area contributed by atoms with E-state index < -0.39 is 0 Å². The monoisotopic (exact) mass is 272 g/mol. The SMILES string of the molecule is O=C1Cc2cc(NCc3ccccc3)c(Cl)cc2N1. The van der Waals surface area contributed by atoms with Gasteiger partial charge in [0.2, 0.25) is 5.91 Å². The van der Waals surface area contributed by atoms with Crippen LogP contribution in [-0.2, 0) is 17.8 Å². The first-order valence-corrected chi connectivity index (χ1v) is 6.50. The summed E-state index contributed by atoms with van der Waals surface area (Å²) in [7, 11) is 0. The Morgan fingerprint density at radius 2 is 2.00 bits per heavy atom. The Bertz CT molecular complexity index is 626. The van der Waals surface area contributed by atoms with E-state index in [0.29, 0.717) is 18.0 Å². The molecule has 2 aromatic rings. The Balaban J connectivity index is 1.79. The third-order valence-electron chi connectivity index (χ3n) is 3.14. The summed E-state index contributed by atoms with van der Waals surface area (Å²) in [5.41, 5.74) is 3.86. The minimum Gasteiger partial charge on any atom is -0.380 e. The van der Waals surface area contributed by atoms with Gasteiger partial charge in [0, 0.05) is 12.2 Å². The van der Waals surface area contributed by atoms with Crippen LogP contribution in [0.15, 0.2) is 42.5 Å². The second-order valence-electron chi connectivity index (χ2n) is 4.55. The van der Waals surface area contributed by atoms with Gasteiger partial charge in [-0.2, -0.15) is 0 Å². The summed E-state index contributed by atoms with van der Waals surface area (Å²) in [6, 6.07) is 13.9. The lowest BCUT2D eigenvalue weighted by Crippen LogP contribution is -2.03. The molecule has 1 aliphatic heterocycles. The molecule has 0 aromatic heterocycles. The Morgan fingerprint density at radius 3 is 2.79 bits per heavy atom. The Labute approximate surface area is 116 Å². The van der Waals surface area contributed by atoms with Crippen LogP contribution in [-0.4, -0.2) is 5.91 Å². The number of halogens is 1. The molecule has 0 atom stereocenters. The first kappa shape index (κ1) is 12.1. The summed E-state index contributed by atoms with van der Waals surface area (Å²) in [5.74, 6) is 0.0197. The molecule has 19 heavy (non-hydrogen) atoms. The summed E-state index contributed by atoms with van der Waals surface area (Å²) >= 11 is 6.21. The van der Waals surface area contributed by atoms with Crippen LogP contribution >= 0.6 is 11.6 Å². The van der Waals surface area contributed by atoms with Crippen molar-refractivity contribution in [1.29, 1.82) is 0 Å². The highest BCUT2D eigenvalue weighted by Crippen LogP contribution is 2.33. The van der Waals surface area contributed by atoms with Crippen molar-refractivity contribution in [2.75, 3.05) is 10.6 Å². The fraction of sp³-hybridized carbons (Fsp3) is 0.133. The van der Waals surface area contributed by atoms with E-state index in [1.165, 1.54) is 5.56 Å². The molecule has 4 heteroatoms. The molecule has 0 aliphatic carbocycles. The summed E-state index contributed by atoms with van der Waals surface area (Å²) in [6.07, 6.45) is 0.423. The van der Waals surface area contributed by atoms with Crippen LogP contribution in [0, 0.1) is 0 Å². The molecule has 0 bridgehead atoms. The van der Waals surface area contributed by atoms with E-state index >= 15 is 0 Å². The van der Waals surface area contributed by atoms with Crippen molar-refractivity contribution in [2.45, 2.75) is 13.0 Å². The molecule has 3 rings (SSSR count). The molecule has 0 fully saturated rings. The Kier molecular flexibility index (Phi) is 3.13. The van der Waals surface area contributed by atoms with Gasteiger partial charge in [-0.3, -0.25) is 4.79 Å². The van der Waals surface area contributed by atoms with Gasteiger partial charge in [0.05, 0.1) is 17.1 Å². The second-order valence-corrected chi connectivity index (χ2v) is 4.96. The molecule has 0 spiro atoms. The van der Waals surface area contributed by atoms with Crippen LogP contribution in [0.2, 0.25) is 5.02 Å². The third-order valence-corrected chi connectivity index (χ3v) is 3.46. The molecule has 1 amide bonds. The zero-order valence-corrected chi connectivity index (χ0v) is 11.0. The summed E-state index contributed by atoms with van der Waals surface area (Å²) in [4.78, 5) is 11.3. The quantitative estimate of drug-likeness (QED) is 0.899. The minimum atomic E-state index is 0.0197. The lowest BCUT2D eigenvalue weighted by atomic mass is 10.1. The van der Waals surface area contributed by atoms with Crippen molar-refractivity contribution in [3.63, 3.8) is 0 Å². The van der Waals surface area contributed by atoms with Crippen LogP contribution < -0.4 is 10.6 Å². The lowest BCUT2D eigenvalue weighted by molar-refractivity contribution is -0.115. The lowest BCUT2D eigenvalue weighted by Gasteiger charge is -2.10. The standard InChI is InChI=1S/C15H13ClN2O/c16-12-8-13-11(7-15(19)18-13)6-14(12)17-9-10-4-2-1-3-5-10/h1-6,8,17H,7,9H2,(H,18,19). The first-order valence-electron chi connectivity index (χ1n) is 6.12. The van der Waals surface area contributed by atoms with Gasteiger partial charge >= 0.3 is 0 Å². The summed E-state index contributed by atoms with van der Waals surface area (Å²) in [5, 5.41) is 6.71. The van der Waals surface area contributed by atoms with Crippen LogP contribution in [0.4, 0.5) is 11.4 Å². The van der Waals surface area contributed by atoms with E-state index in [-0.39, 0.29) is 5.91 Å². The first-order chi connectivity index (χ1) is 9.22. The van der Waals surface area contributed by atoms with Crippen LogP contribution in [0.5, 0.6) is 0 Å². The average Bonchev–Trinajstić information content (AvgIpc) is 2.76. The number of nitrogens with one attached hydrogen (secondary N) is 2. The molecule has 0 saturated heterocycles. The van der Waals surface area contributed by atoms with Gasteiger partial charge in [-0.1, -0.05) is 41.9 Å². The average molecular weight is 273 g/mol. The third kappa shape index (κ3) is 2.56. The highest BCUT2D eigenvalue weighted by molar-refractivity contribution is 6.33. The zero-order chi connectivity index (χ0) is 13.2. The fourth-order valence-electron chi connectivity index (χ4n) is 2.18. The molecule has 0 unspecified atom stereocenters. The Morgan fingerprint density at radius 1 is 1.21 bits per heavy atom. The van der Waals surface area contributed by atoms with Crippen LogP contribution in [0.3, 0.4) is 0 Å². The normalized spacial score (nSPS) is 13.0. The van der Waals surface area contributed by atoms with Gasteiger partial charge in [0.15, 0.2) is 0 Å². The number of fused-ring (bicyclic) bond motifs is 1. The predicted molar refractivity (Wildman–Crippen MR) is 77.6 cm³/mol. The summed E-state index contributed by atoms with van der Waals surface area (Å²) < 4.78 is 0. The molecule has 0 radical (unpaired) electrons. The second kappa shape index (κ2) is 4.94. The van der Waals surface area contributed by atoms with Crippen molar-refractivity contribution >= 4 is 28.9 Å². The number of hydrogen-bond acceptors (Lipinski definition) is 2. The number of amides is 1. The molecule has 2 aromatic carbocycles. The van der Waals surface area contributed by atoms with Gasteiger partial charge in [-0.15, -0.1) is 0 Å². The molecular formula is C15H13ClN2O. The fourth-order valence-corrected chi connectivity index (χ4v) is 2.41. The molecule has 1 aliphatic rings. The molecular weight excluding hydrogens is 260 g/mol. The molecule has 96 valence electrons. The van der Waals surface area contributed by atoms with E-state index in [4.69, 9.17) is 11.6 Å². The van der Waals surface area contributed by atoms with E-state index in [1.807, 2.05) is 24.3 Å². The number of anilines is 2. The van der Waals surface area contributed by atoms with E-state index in [0.717, 1.165) is 16.9 Å². The van der Waals surface area contributed by atoms with E-state index in [2.05, 4.69) is 22.8 Å². The van der Waals surface area contributed by atoms with E-state index in [1.54, 1.807) is 6.07 Å². The van der Waals surface area contributed by atoms with Gasteiger partial charge < -0.3 is 10.6 Å². The topological polar surface area (TPSA) is 41.1 Å². The predicted octanol–water partition coefficient (Wildman–Crippen LogP) is 3.45. The van der Waals surface area contributed by atoms with Crippen molar-refractivity contribution in [3.05, 3.63) is 58.6 Å². The van der Waals surface area contributed by atoms with Crippen LogP contribution in [0.1, 0.15) is 11.1 Å². The smallest absolute Gasteiger partial charge is 0.228 e. The van der Waals surface area contributed by atoms with Crippen LogP contribution in [0.25, 0.3) is 0 Å². The Hall–Kier alpha value is -2.00. The van der Waals surface area contributed by atoms with Crippen molar-refractivity contribution in [3.8, 4) is 0 Å². The van der Waals surface area contributed by atoms with Crippen molar-refractivity contribution in [2.24, 2.45) is 0 Å². The highest BCUT2D eigenvalue weighted by Gasteiger charge is 2.19. The molecule has 0 saturated carbocycles. The minimum absolute atomic E-state index is 0.0197. The van der Waals surface area contributed by atoms with Crippen molar-refractivity contribution in [1.82, 2.24) is 0 Å². The maximum absolute atomic E-state index is 11.3. The zero-order valence-electron chi connectivity index (χ0n) is 10.2. The molecule has 2 N–H and O–H groups in total. The van der Waals surface area contributed by atoms with Gasteiger partial charge in [-0.25, -0.2) is 0 Å². The maximum Gasteiger partial charge on any atom is 0.228 e. The van der Waals surface area contributed by atoms with Crippen molar-refractivity contribution < 1.29 is 4.79 Å². The van der Waals surface area contributed by atoms with Gasteiger partial charge in [0.1, 0.15) is 0 Å². The summed E-state index contributed by atoms with van der Waals surface area (Å²) in [6.45, 7) is 0.709. The number of benzene rings is 2. The highest BCUT2D eigenvalue weighted by atomic mass is 35.5. The molecule has 1 heterocycles. The number of carbonyl (C=O) groups is 1. The van der Waals surface area contributed by atoms with Gasteiger partial charge in [0.25, 0.3) is 0 Å². The van der Waals surface area contributed by atoms with E-state index in [9.17, 15) is 4.79 Å². The largest absolute Gasteiger partial charge is 0.380 e. The van der Waals surface area contributed by atoms with Gasteiger partial charge in [-0.05, 0) is 23.3 Å². The molecule has 3 nitrogen and oxygen atoms in total.